The molecule has 0 unspecified atom stereocenters. The minimum Gasteiger partial charge on any atom is -0.465 e. The molecule has 0 fully saturated rings. The Morgan fingerprint density at radius 3 is 2.04 bits per heavy atom. The molecule has 0 bridgehead atoms. The van der Waals surface area contributed by atoms with E-state index in [1.165, 1.54) is 24.1 Å². The van der Waals surface area contributed by atoms with Crippen molar-refractivity contribution in [3.8, 4) is 5.75 Å². The highest BCUT2D eigenvalue weighted by Gasteiger charge is 2.36. The lowest BCUT2D eigenvalue weighted by Crippen LogP contribution is -2.36. The predicted octanol–water partition coefficient (Wildman–Crippen LogP) is 7.13. The van der Waals surface area contributed by atoms with E-state index in [4.69, 9.17) is 23.5 Å². The molecule has 0 amide bonds. The Balaban J connectivity index is 1.20. The second-order valence-electron chi connectivity index (χ2n) is 12.1. The van der Waals surface area contributed by atoms with Crippen LogP contribution >= 0.6 is 14.6 Å². The van der Waals surface area contributed by atoms with E-state index in [1.54, 1.807) is 37.3 Å². The number of ether oxygens (including phenoxy) is 3. The molecule has 0 spiro atoms. The van der Waals surface area contributed by atoms with Gasteiger partial charge >= 0.3 is 13.5 Å². The molecule has 15 heteroatoms. The summed E-state index contributed by atoms with van der Waals surface area (Å²) in [6.45, 7) is 3.31. The lowest BCUT2D eigenvalue weighted by molar-refractivity contribution is -0.144. The van der Waals surface area contributed by atoms with E-state index in [9.17, 15) is 9.36 Å². The van der Waals surface area contributed by atoms with Crippen molar-refractivity contribution in [2.75, 3.05) is 13.0 Å². The number of esters is 1. The molecule has 0 aliphatic carbocycles. The largest absolute Gasteiger partial charge is 0.465 e. The van der Waals surface area contributed by atoms with E-state index in [0.717, 1.165) is 22.0 Å². The van der Waals surface area contributed by atoms with Crippen molar-refractivity contribution in [1.29, 1.82) is 0 Å². The summed E-state index contributed by atoms with van der Waals surface area (Å²) in [5.41, 5.74) is 0.636. The Hall–Kier alpha value is -5.29. The monoisotopic (exact) mass is 766 g/mol. The van der Waals surface area contributed by atoms with E-state index in [0.29, 0.717) is 11.3 Å². The first-order valence-electron chi connectivity index (χ1n) is 17.2. The van der Waals surface area contributed by atoms with Crippen LogP contribution in [0, 0.1) is 0 Å². The summed E-state index contributed by atoms with van der Waals surface area (Å²) in [6.07, 6.45) is 0.777. The Morgan fingerprint density at radius 2 is 1.46 bits per heavy atom. The number of halogens is 1. The zero-order valence-electron chi connectivity index (χ0n) is 29.4. The fourth-order valence-corrected chi connectivity index (χ4v) is 11.2. The SMILES string of the molecule is CCOC(=O)[C@H](C)N[P@](=O)(CO[C@@H]1C=C(F)[C@H](n2cnc3c(N=P(c4ccccc4)(c4ccccc4)c4ccccc4)ncnc32)O1)Oc1ccccc1. The number of hydrogen-bond acceptors (Lipinski definition) is 10. The highest BCUT2D eigenvalue weighted by molar-refractivity contribution is 7.87. The van der Waals surface area contributed by atoms with Crippen LogP contribution in [0.2, 0.25) is 0 Å². The van der Waals surface area contributed by atoms with Gasteiger partial charge in [0.1, 0.15) is 18.1 Å². The van der Waals surface area contributed by atoms with Gasteiger partial charge in [-0.3, -0.25) is 13.9 Å². The van der Waals surface area contributed by atoms with Crippen molar-refractivity contribution in [3.63, 3.8) is 0 Å². The maximum Gasteiger partial charge on any atom is 0.342 e. The molecule has 2 aromatic heterocycles. The number of para-hydroxylation sites is 1. The van der Waals surface area contributed by atoms with Crippen molar-refractivity contribution in [2.45, 2.75) is 32.4 Å². The van der Waals surface area contributed by atoms with Crippen LogP contribution in [-0.2, 0) is 23.6 Å². The second kappa shape index (κ2) is 16.4. The lowest BCUT2D eigenvalue weighted by atomic mass is 10.3. The Bertz CT molecular complexity index is 2250. The highest BCUT2D eigenvalue weighted by atomic mass is 31.2. The molecule has 54 heavy (non-hydrogen) atoms. The van der Waals surface area contributed by atoms with Crippen LogP contribution in [0.5, 0.6) is 5.75 Å². The summed E-state index contributed by atoms with van der Waals surface area (Å²) in [5.74, 6) is -0.681. The molecule has 1 aliphatic heterocycles. The van der Waals surface area contributed by atoms with Gasteiger partial charge in [0.2, 0.25) is 0 Å². The number of carbonyl (C=O) groups is 1. The van der Waals surface area contributed by atoms with Gasteiger partial charge in [-0.2, -0.15) is 0 Å². The third-order valence-corrected chi connectivity index (χ3v) is 13.9. The molecule has 6 aromatic rings. The van der Waals surface area contributed by atoms with Crippen molar-refractivity contribution in [3.05, 3.63) is 146 Å². The van der Waals surface area contributed by atoms with E-state index in [1.807, 2.05) is 54.6 Å². The first-order chi connectivity index (χ1) is 26.3. The number of nitrogens with one attached hydrogen (secondary N) is 1. The van der Waals surface area contributed by atoms with Crippen molar-refractivity contribution in [1.82, 2.24) is 24.6 Å². The molecule has 0 radical (unpaired) electrons. The fourth-order valence-electron chi connectivity index (χ4n) is 6.04. The van der Waals surface area contributed by atoms with Crippen molar-refractivity contribution >= 4 is 53.4 Å². The van der Waals surface area contributed by atoms with Gasteiger partial charge in [0.05, 0.1) is 20.0 Å². The molecule has 1 aliphatic rings. The summed E-state index contributed by atoms with van der Waals surface area (Å²) >= 11 is 0. The molecule has 1 N–H and O–H groups in total. The zero-order valence-corrected chi connectivity index (χ0v) is 31.2. The summed E-state index contributed by atoms with van der Waals surface area (Å²) in [5, 5.41) is 5.75. The lowest BCUT2D eigenvalue weighted by Gasteiger charge is -2.26. The van der Waals surface area contributed by atoms with Crippen LogP contribution in [0.25, 0.3) is 11.2 Å². The first-order valence-corrected chi connectivity index (χ1v) is 20.7. The number of nitrogens with zero attached hydrogens (tertiary/aromatic N) is 5. The highest BCUT2D eigenvalue weighted by Crippen LogP contribution is 2.50. The van der Waals surface area contributed by atoms with Crippen LogP contribution in [-0.4, -0.2) is 50.8 Å². The van der Waals surface area contributed by atoms with Gasteiger partial charge in [-0.05, 0) is 26.0 Å². The van der Waals surface area contributed by atoms with Gasteiger partial charge in [0.15, 0.2) is 41.7 Å². The normalized spacial score (nSPS) is 17.4. The number of fused-ring (bicyclic) bond motifs is 1. The molecule has 7 rings (SSSR count). The smallest absolute Gasteiger partial charge is 0.342 e. The minimum atomic E-state index is -3.92. The number of imidazole rings is 1. The molecule has 3 heterocycles. The van der Waals surface area contributed by atoms with Gasteiger partial charge in [-0.25, -0.2) is 29.2 Å². The standard InChI is InChI=1S/C39H37FN6O6P2/c1-3-49-39(47)28(2)44-53(48,52-29-16-8-4-9-17-29)27-50-34-24-33(40)38(51-34)46-26-43-35-36(41-25-42-37(35)46)45-54(30-18-10-5-11-19-30,31-20-12-6-13-21-31)32-22-14-7-15-23-32/h4-26,28,34,38H,3,27H2,1-2H3,(H,44,48)/t28-,34-,38+,53-/m0/s1. The van der Waals surface area contributed by atoms with E-state index in [-0.39, 0.29) is 18.0 Å². The number of rotatable bonds is 14. The maximum atomic E-state index is 15.7. The minimum absolute atomic E-state index is 0.144. The Morgan fingerprint density at radius 1 is 0.889 bits per heavy atom. The van der Waals surface area contributed by atoms with Gasteiger partial charge in [-0.15, -0.1) is 0 Å². The third kappa shape index (κ3) is 7.82. The Kier molecular flexibility index (Phi) is 11.2. The van der Waals surface area contributed by atoms with E-state index >= 15 is 4.39 Å². The number of carbonyl (C=O) groups excluding carboxylic acids is 1. The predicted molar refractivity (Wildman–Crippen MR) is 206 cm³/mol. The molecule has 12 nitrogen and oxygen atoms in total. The van der Waals surface area contributed by atoms with Crippen LogP contribution < -0.4 is 25.5 Å². The van der Waals surface area contributed by atoms with Crippen LogP contribution in [0.1, 0.15) is 20.1 Å². The van der Waals surface area contributed by atoms with Gasteiger partial charge in [0.25, 0.3) is 0 Å². The quantitative estimate of drug-likeness (QED) is 0.0900. The van der Waals surface area contributed by atoms with E-state index in [2.05, 4.69) is 56.4 Å². The van der Waals surface area contributed by atoms with Gasteiger partial charge in [0, 0.05) is 22.0 Å². The average molecular weight is 767 g/mol. The molecule has 0 saturated heterocycles. The molecular formula is C39H37FN6O6P2. The number of hydrogen-bond donors (Lipinski definition) is 1. The number of benzene rings is 4. The van der Waals surface area contributed by atoms with Gasteiger partial charge < -0.3 is 18.7 Å². The number of aromatic nitrogens is 4. The molecule has 4 atom stereocenters. The van der Waals surface area contributed by atoms with Crippen LogP contribution in [0.3, 0.4) is 0 Å². The van der Waals surface area contributed by atoms with Crippen LogP contribution in [0.15, 0.2) is 151 Å². The summed E-state index contributed by atoms with van der Waals surface area (Å²) < 4.78 is 59.2. The zero-order chi connectivity index (χ0) is 37.5. The molecule has 276 valence electrons. The van der Waals surface area contributed by atoms with E-state index < -0.39 is 51.3 Å². The summed E-state index contributed by atoms with van der Waals surface area (Å²) in [4.78, 5) is 26.0. The van der Waals surface area contributed by atoms with Crippen LogP contribution in [0.4, 0.5) is 10.2 Å². The average Bonchev–Trinajstić information content (AvgIpc) is 3.81. The van der Waals surface area contributed by atoms with Crippen molar-refractivity contribution in [2.24, 2.45) is 4.74 Å². The summed E-state index contributed by atoms with van der Waals surface area (Å²) in [6, 6.07) is 37.7. The maximum absolute atomic E-state index is 15.7. The molecular weight excluding hydrogens is 729 g/mol. The second-order valence-corrected chi connectivity index (χ2v) is 17.2. The first kappa shape index (κ1) is 37.0. The van der Waals surface area contributed by atoms with Gasteiger partial charge in [-0.1, -0.05) is 109 Å². The van der Waals surface area contributed by atoms with Crippen molar-refractivity contribution < 1.29 is 32.5 Å². The topological polar surface area (TPSA) is 139 Å². The molecule has 4 aromatic carbocycles. The Labute approximate surface area is 311 Å². The third-order valence-electron chi connectivity index (χ3n) is 8.46. The fraction of sp³-hybridized carbons (Fsp3) is 0.179. The molecule has 0 saturated carbocycles. The summed E-state index contributed by atoms with van der Waals surface area (Å²) in [7, 11) is -6.64.